The van der Waals surface area contributed by atoms with Crippen LogP contribution in [0.4, 0.5) is 5.69 Å². The Morgan fingerprint density at radius 1 is 1.29 bits per heavy atom. The molecule has 5 nitrogen and oxygen atoms in total. The fourth-order valence-corrected chi connectivity index (χ4v) is 2.95. The Bertz CT molecular complexity index is 509. The molecular weight excluding hydrogens is 264 g/mol. The fraction of sp³-hybridized carbons (Fsp3) is 0.562. The van der Waals surface area contributed by atoms with E-state index in [1.807, 2.05) is 18.2 Å². The first kappa shape index (κ1) is 14.4. The molecule has 1 fully saturated rings. The van der Waals surface area contributed by atoms with Crippen molar-refractivity contribution >= 4 is 11.6 Å². The number of hydrogen-bond donors (Lipinski definition) is 2. The molecule has 0 bridgehead atoms. The molecule has 2 heterocycles. The van der Waals surface area contributed by atoms with E-state index in [2.05, 4.69) is 27.5 Å². The SMILES string of the molecule is CN1CCN(CCNC(=O)c2ccc3c(c2)CCN3)CC1. The molecule has 114 valence electrons. The van der Waals surface area contributed by atoms with Gasteiger partial charge in [0.2, 0.25) is 0 Å². The van der Waals surface area contributed by atoms with Gasteiger partial charge in [0, 0.05) is 57.1 Å². The molecule has 0 saturated carbocycles. The molecule has 2 aliphatic rings. The molecule has 2 aliphatic heterocycles. The molecule has 1 aromatic carbocycles. The summed E-state index contributed by atoms with van der Waals surface area (Å²) >= 11 is 0. The number of benzene rings is 1. The number of nitrogens with one attached hydrogen (secondary N) is 2. The minimum absolute atomic E-state index is 0.0406. The number of hydrogen-bond acceptors (Lipinski definition) is 4. The number of piperazine rings is 1. The maximum Gasteiger partial charge on any atom is 0.251 e. The third kappa shape index (κ3) is 3.54. The van der Waals surface area contributed by atoms with Crippen molar-refractivity contribution in [3.05, 3.63) is 29.3 Å². The van der Waals surface area contributed by atoms with Crippen molar-refractivity contribution in [3.63, 3.8) is 0 Å². The van der Waals surface area contributed by atoms with Gasteiger partial charge in [-0.2, -0.15) is 0 Å². The second-order valence-electron chi connectivity index (χ2n) is 5.95. The second kappa shape index (κ2) is 6.45. The van der Waals surface area contributed by atoms with Crippen LogP contribution in [-0.4, -0.2) is 68.6 Å². The zero-order valence-electron chi connectivity index (χ0n) is 12.7. The maximum atomic E-state index is 12.2. The van der Waals surface area contributed by atoms with Crippen LogP contribution >= 0.6 is 0 Å². The van der Waals surface area contributed by atoms with Crippen molar-refractivity contribution in [2.24, 2.45) is 0 Å². The standard InChI is InChI=1S/C16H24N4O/c1-19-8-10-20(11-9-19)7-6-18-16(21)14-2-3-15-13(12-14)4-5-17-15/h2-3,12,17H,4-11H2,1H3,(H,18,21). The molecule has 1 saturated heterocycles. The number of nitrogens with zero attached hydrogens (tertiary/aromatic N) is 2. The largest absolute Gasteiger partial charge is 0.384 e. The molecule has 21 heavy (non-hydrogen) atoms. The molecule has 0 unspecified atom stereocenters. The van der Waals surface area contributed by atoms with E-state index in [-0.39, 0.29) is 5.91 Å². The lowest BCUT2D eigenvalue weighted by Crippen LogP contribution is -2.46. The van der Waals surface area contributed by atoms with Crippen LogP contribution in [0.15, 0.2) is 18.2 Å². The van der Waals surface area contributed by atoms with Crippen LogP contribution in [-0.2, 0) is 6.42 Å². The highest BCUT2D eigenvalue weighted by atomic mass is 16.1. The monoisotopic (exact) mass is 288 g/mol. The number of carbonyl (C=O) groups is 1. The zero-order chi connectivity index (χ0) is 14.7. The number of amides is 1. The number of anilines is 1. The summed E-state index contributed by atoms with van der Waals surface area (Å²) in [5, 5.41) is 6.35. The Kier molecular flexibility index (Phi) is 4.41. The predicted molar refractivity (Wildman–Crippen MR) is 84.9 cm³/mol. The Hall–Kier alpha value is -1.59. The van der Waals surface area contributed by atoms with E-state index < -0.39 is 0 Å². The number of rotatable bonds is 4. The van der Waals surface area contributed by atoms with E-state index in [1.165, 1.54) is 11.3 Å². The number of likely N-dealkylation sites (N-methyl/N-ethyl adjacent to an activating group) is 1. The van der Waals surface area contributed by atoms with E-state index in [0.717, 1.165) is 57.8 Å². The van der Waals surface area contributed by atoms with Gasteiger partial charge in [-0.05, 0) is 37.2 Å². The van der Waals surface area contributed by atoms with Gasteiger partial charge in [0.1, 0.15) is 0 Å². The average molecular weight is 288 g/mol. The summed E-state index contributed by atoms with van der Waals surface area (Å²) in [6, 6.07) is 5.93. The Balaban J connectivity index is 1.46. The highest BCUT2D eigenvalue weighted by molar-refractivity contribution is 5.95. The van der Waals surface area contributed by atoms with E-state index >= 15 is 0 Å². The Labute approximate surface area is 126 Å². The lowest BCUT2D eigenvalue weighted by molar-refractivity contribution is 0.0941. The quantitative estimate of drug-likeness (QED) is 0.853. The van der Waals surface area contributed by atoms with E-state index in [4.69, 9.17) is 0 Å². The molecule has 5 heteroatoms. The number of fused-ring (bicyclic) bond motifs is 1. The molecule has 0 aliphatic carbocycles. The lowest BCUT2D eigenvalue weighted by Gasteiger charge is -2.32. The summed E-state index contributed by atoms with van der Waals surface area (Å²) < 4.78 is 0. The maximum absolute atomic E-state index is 12.2. The minimum atomic E-state index is 0.0406. The summed E-state index contributed by atoms with van der Waals surface area (Å²) in [7, 11) is 2.15. The first-order chi connectivity index (χ1) is 10.2. The van der Waals surface area contributed by atoms with Crippen molar-refractivity contribution in [3.8, 4) is 0 Å². The molecule has 2 N–H and O–H groups in total. The Morgan fingerprint density at radius 3 is 2.90 bits per heavy atom. The van der Waals surface area contributed by atoms with Gasteiger partial charge in [-0.15, -0.1) is 0 Å². The highest BCUT2D eigenvalue weighted by Crippen LogP contribution is 2.22. The van der Waals surface area contributed by atoms with Gasteiger partial charge in [-0.25, -0.2) is 0 Å². The van der Waals surface area contributed by atoms with Crippen molar-refractivity contribution < 1.29 is 4.79 Å². The molecule has 1 aromatic rings. The van der Waals surface area contributed by atoms with Gasteiger partial charge < -0.3 is 15.5 Å². The van der Waals surface area contributed by atoms with Crippen LogP contribution in [0.3, 0.4) is 0 Å². The molecule has 0 radical (unpaired) electrons. The smallest absolute Gasteiger partial charge is 0.251 e. The molecule has 3 rings (SSSR count). The first-order valence-electron chi connectivity index (χ1n) is 7.78. The van der Waals surface area contributed by atoms with Crippen molar-refractivity contribution in [1.82, 2.24) is 15.1 Å². The van der Waals surface area contributed by atoms with Crippen LogP contribution in [0.2, 0.25) is 0 Å². The summed E-state index contributed by atoms with van der Waals surface area (Å²) in [5.41, 5.74) is 3.20. The van der Waals surface area contributed by atoms with Gasteiger partial charge in [0.05, 0.1) is 0 Å². The lowest BCUT2D eigenvalue weighted by atomic mass is 10.1. The number of carbonyl (C=O) groups excluding carboxylic acids is 1. The van der Waals surface area contributed by atoms with Gasteiger partial charge in [0.25, 0.3) is 5.91 Å². The summed E-state index contributed by atoms with van der Waals surface area (Å²) in [6.45, 7) is 7.05. The third-order valence-corrected chi connectivity index (χ3v) is 4.39. The molecule has 0 atom stereocenters. The summed E-state index contributed by atoms with van der Waals surface area (Å²) in [4.78, 5) is 16.9. The second-order valence-corrected chi connectivity index (χ2v) is 5.95. The normalized spacial score (nSPS) is 19.1. The minimum Gasteiger partial charge on any atom is -0.384 e. The first-order valence-corrected chi connectivity index (χ1v) is 7.78. The van der Waals surface area contributed by atoms with Crippen molar-refractivity contribution in [2.45, 2.75) is 6.42 Å². The van der Waals surface area contributed by atoms with E-state index in [9.17, 15) is 4.79 Å². The summed E-state index contributed by atoms with van der Waals surface area (Å²) in [6.07, 6.45) is 1.01. The third-order valence-electron chi connectivity index (χ3n) is 4.39. The van der Waals surface area contributed by atoms with Crippen LogP contribution in [0.5, 0.6) is 0 Å². The average Bonchev–Trinajstić information content (AvgIpc) is 2.96. The topological polar surface area (TPSA) is 47.6 Å². The zero-order valence-corrected chi connectivity index (χ0v) is 12.7. The van der Waals surface area contributed by atoms with Crippen LogP contribution in [0.1, 0.15) is 15.9 Å². The molecule has 1 amide bonds. The van der Waals surface area contributed by atoms with Gasteiger partial charge >= 0.3 is 0 Å². The van der Waals surface area contributed by atoms with Gasteiger partial charge in [-0.3, -0.25) is 9.69 Å². The molecule has 0 spiro atoms. The van der Waals surface area contributed by atoms with E-state index in [0.29, 0.717) is 0 Å². The van der Waals surface area contributed by atoms with E-state index in [1.54, 1.807) is 0 Å². The molecular formula is C16H24N4O. The van der Waals surface area contributed by atoms with Crippen molar-refractivity contribution in [1.29, 1.82) is 0 Å². The van der Waals surface area contributed by atoms with Crippen LogP contribution in [0, 0.1) is 0 Å². The summed E-state index contributed by atoms with van der Waals surface area (Å²) in [5.74, 6) is 0.0406. The Morgan fingerprint density at radius 2 is 2.10 bits per heavy atom. The molecule has 0 aromatic heterocycles. The van der Waals surface area contributed by atoms with Crippen molar-refractivity contribution in [2.75, 3.05) is 58.2 Å². The van der Waals surface area contributed by atoms with Crippen LogP contribution in [0.25, 0.3) is 0 Å². The highest BCUT2D eigenvalue weighted by Gasteiger charge is 2.15. The fourth-order valence-electron chi connectivity index (χ4n) is 2.95. The predicted octanol–water partition coefficient (Wildman–Crippen LogP) is 0.632. The van der Waals surface area contributed by atoms with Gasteiger partial charge in [0.15, 0.2) is 0 Å². The van der Waals surface area contributed by atoms with Crippen LogP contribution < -0.4 is 10.6 Å². The van der Waals surface area contributed by atoms with Gasteiger partial charge in [-0.1, -0.05) is 0 Å².